The van der Waals surface area contributed by atoms with Crippen LogP contribution >= 0.6 is 0 Å². The molecule has 2 aromatic rings. The Labute approximate surface area is 156 Å². The zero-order valence-electron chi connectivity index (χ0n) is 15.0. The second kappa shape index (κ2) is 9.17. The Bertz CT molecular complexity index is 700. The maximum absolute atomic E-state index is 11.7. The van der Waals surface area contributed by atoms with Crippen LogP contribution in [-0.4, -0.2) is 29.3 Å². The van der Waals surface area contributed by atoms with Crippen LogP contribution in [0.3, 0.4) is 0 Å². The van der Waals surface area contributed by atoms with E-state index in [1.807, 2.05) is 12.3 Å². The summed E-state index contributed by atoms with van der Waals surface area (Å²) in [7, 11) is 0. The van der Waals surface area contributed by atoms with Crippen LogP contribution in [0.25, 0.3) is 0 Å². The molecule has 0 radical (unpaired) electrons. The predicted octanol–water partition coefficient (Wildman–Crippen LogP) is 5.01. The first kappa shape index (κ1) is 19.6. The minimum absolute atomic E-state index is 0.406. The third kappa shape index (κ3) is 5.66. The van der Waals surface area contributed by atoms with Gasteiger partial charge in [-0.25, -0.2) is 4.98 Å². The van der Waals surface area contributed by atoms with Crippen molar-refractivity contribution in [3.05, 3.63) is 54.0 Å². The summed E-state index contributed by atoms with van der Waals surface area (Å²) in [5, 5.41) is 0. The van der Waals surface area contributed by atoms with E-state index < -0.39 is 11.7 Å². The summed E-state index contributed by atoms with van der Waals surface area (Å²) >= 11 is 0. The molecule has 3 heterocycles. The number of alkyl halides is 3. The Morgan fingerprint density at radius 2 is 1.74 bits per heavy atom. The van der Waals surface area contributed by atoms with E-state index >= 15 is 0 Å². The van der Waals surface area contributed by atoms with Crippen molar-refractivity contribution in [1.29, 1.82) is 0 Å². The highest BCUT2D eigenvalue weighted by molar-refractivity contribution is 5.30. The van der Waals surface area contributed by atoms with Crippen molar-refractivity contribution < 1.29 is 22.6 Å². The summed E-state index contributed by atoms with van der Waals surface area (Å²) in [6, 6.07) is 6.41. The van der Waals surface area contributed by atoms with Crippen LogP contribution < -0.4 is 4.74 Å². The lowest BCUT2D eigenvalue weighted by Crippen LogP contribution is -2.26. The minimum Gasteiger partial charge on any atom is -0.474 e. The third-order valence-corrected chi connectivity index (χ3v) is 4.78. The van der Waals surface area contributed by atoms with Crippen molar-refractivity contribution in [2.24, 2.45) is 0 Å². The van der Waals surface area contributed by atoms with Crippen molar-refractivity contribution in [2.45, 2.75) is 50.3 Å². The zero-order valence-corrected chi connectivity index (χ0v) is 15.0. The largest absolute Gasteiger partial charge is 0.474 e. The average molecular weight is 380 g/mol. The molecule has 1 aliphatic heterocycles. The van der Waals surface area contributed by atoms with E-state index in [1.54, 1.807) is 0 Å². The maximum atomic E-state index is 11.7. The first-order valence-corrected chi connectivity index (χ1v) is 9.20. The molecule has 4 nitrogen and oxygen atoms in total. The molecule has 27 heavy (non-hydrogen) atoms. The van der Waals surface area contributed by atoms with Crippen LogP contribution in [0.2, 0.25) is 0 Å². The first-order chi connectivity index (χ1) is 13.0. The fraction of sp³-hybridized carbons (Fsp3) is 0.500. The van der Waals surface area contributed by atoms with Crippen molar-refractivity contribution in [2.75, 3.05) is 13.2 Å². The molecule has 0 amide bonds. The standard InChI is InChI=1S/C14H19NO2.C6H4F3N/c1-3-12(4-1)17-14-13(5-2-8-15-14)11-6-9-16-10-7-11;7-6(8,9)5-2-1-3-10-4-5/h2,5,8,11-12H,1,3-4,6-7,9-10H2;1-4H. The van der Waals surface area contributed by atoms with Crippen molar-refractivity contribution in [3.63, 3.8) is 0 Å². The number of pyridine rings is 2. The van der Waals surface area contributed by atoms with E-state index in [9.17, 15) is 13.2 Å². The lowest BCUT2D eigenvalue weighted by molar-refractivity contribution is -0.137. The molecule has 1 aliphatic carbocycles. The van der Waals surface area contributed by atoms with Gasteiger partial charge in [-0.3, -0.25) is 4.98 Å². The Kier molecular flexibility index (Phi) is 6.66. The number of hydrogen-bond acceptors (Lipinski definition) is 4. The Hall–Kier alpha value is -2.15. The summed E-state index contributed by atoms with van der Waals surface area (Å²) < 4.78 is 46.6. The van der Waals surface area contributed by atoms with Gasteiger partial charge in [-0.1, -0.05) is 6.07 Å². The average Bonchev–Trinajstić information content (AvgIpc) is 2.66. The summed E-state index contributed by atoms with van der Waals surface area (Å²) in [4.78, 5) is 7.74. The van der Waals surface area contributed by atoms with Gasteiger partial charge < -0.3 is 9.47 Å². The van der Waals surface area contributed by atoms with Crippen LogP contribution in [-0.2, 0) is 10.9 Å². The van der Waals surface area contributed by atoms with Crippen molar-refractivity contribution in [3.8, 4) is 5.88 Å². The molecule has 146 valence electrons. The number of aromatic nitrogens is 2. The van der Waals surface area contributed by atoms with Crippen LogP contribution in [0.15, 0.2) is 42.9 Å². The molecule has 4 rings (SSSR count). The molecule has 0 atom stereocenters. The quantitative estimate of drug-likeness (QED) is 0.751. The Morgan fingerprint density at radius 3 is 2.30 bits per heavy atom. The SMILES string of the molecule is FC(F)(F)c1cccnc1.c1cnc(OC2CCC2)c(C2CCOCC2)c1. The highest BCUT2D eigenvalue weighted by Crippen LogP contribution is 2.34. The van der Waals surface area contributed by atoms with Gasteiger partial charge in [0.1, 0.15) is 6.10 Å². The van der Waals surface area contributed by atoms with Gasteiger partial charge in [0.15, 0.2) is 0 Å². The Balaban J connectivity index is 0.000000180. The minimum atomic E-state index is -4.27. The van der Waals surface area contributed by atoms with Crippen LogP contribution in [0, 0.1) is 0 Å². The molecule has 0 spiro atoms. The maximum Gasteiger partial charge on any atom is 0.417 e. The van der Waals surface area contributed by atoms with E-state index in [2.05, 4.69) is 16.0 Å². The second-order valence-corrected chi connectivity index (χ2v) is 6.69. The molecule has 2 fully saturated rings. The number of rotatable bonds is 3. The smallest absolute Gasteiger partial charge is 0.417 e. The van der Waals surface area contributed by atoms with Crippen LogP contribution in [0.4, 0.5) is 13.2 Å². The van der Waals surface area contributed by atoms with E-state index in [0.29, 0.717) is 12.0 Å². The van der Waals surface area contributed by atoms with E-state index in [4.69, 9.17) is 9.47 Å². The van der Waals surface area contributed by atoms with Crippen molar-refractivity contribution in [1.82, 2.24) is 9.97 Å². The number of nitrogens with zero attached hydrogens (tertiary/aromatic N) is 2. The van der Waals surface area contributed by atoms with Gasteiger partial charge in [0.2, 0.25) is 5.88 Å². The molecule has 0 aromatic carbocycles. The zero-order chi connectivity index (χ0) is 19.1. The molecule has 1 saturated carbocycles. The highest BCUT2D eigenvalue weighted by Gasteiger charge is 2.30. The molecule has 7 heteroatoms. The molecule has 2 aliphatic rings. The fourth-order valence-electron chi connectivity index (χ4n) is 3.00. The molecule has 2 aromatic heterocycles. The third-order valence-electron chi connectivity index (χ3n) is 4.78. The monoisotopic (exact) mass is 380 g/mol. The molecular weight excluding hydrogens is 357 g/mol. The molecule has 0 N–H and O–H groups in total. The molecule has 1 saturated heterocycles. The van der Waals surface area contributed by atoms with Gasteiger partial charge in [-0.05, 0) is 56.2 Å². The number of hydrogen-bond donors (Lipinski definition) is 0. The van der Waals surface area contributed by atoms with Gasteiger partial charge in [0.05, 0.1) is 5.56 Å². The predicted molar refractivity (Wildman–Crippen MR) is 94.5 cm³/mol. The second-order valence-electron chi connectivity index (χ2n) is 6.69. The van der Waals surface area contributed by atoms with Gasteiger partial charge in [0, 0.05) is 37.4 Å². The Morgan fingerprint density at radius 1 is 1.00 bits per heavy atom. The molecular formula is C20H23F3N2O2. The van der Waals surface area contributed by atoms with Crippen LogP contribution in [0.5, 0.6) is 5.88 Å². The van der Waals surface area contributed by atoms with E-state index in [1.165, 1.54) is 37.1 Å². The van der Waals surface area contributed by atoms with E-state index in [-0.39, 0.29) is 0 Å². The molecule has 0 unspecified atom stereocenters. The summed E-state index contributed by atoms with van der Waals surface area (Å²) in [6.45, 7) is 1.73. The lowest BCUT2D eigenvalue weighted by atomic mass is 9.92. The van der Waals surface area contributed by atoms with Gasteiger partial charge >= 0.3 is 6.18 Å². The van der Waals surface area contributed by atoms with Gasteiger partial charge in [-0.2, -0.15) is 13.2 Å². The van der Waals surface area contributed by atoms with E-state index in [0.717, 1.165) is 44.2 Å². The number of ether oxygens (including phenoxy) is 2. The topological polar surface area (TPSA) is 44.2 Å². The van der Waals surface area contributed by atoms with Gasteiger partial charge in [0.25, 0.3) is 0 Å². The normalized spacial score (nSPS) is 18.2. The summed E-state index contributed by atoms with van der Waals surface area (Å²) in [6.07, 6.45) is 5.90. The van der Waals surface area contributed by atoms with Crippen LogP contribution in [0.1, 0.15) is 49.1 Å². The first-order valence-electron chi connectivity index (χ1n) is 9.20. The molecule has 0 bridgehead atoms. The van der Waals surface area contributed by atoms with Crippen molar-refractivity contribution >= 4 is 0 Å². The fourth-order valence-corrected chi connectivity index (χ4v) is 3.00. The van der Waals surface area contributed by atoms with Gasteiger partial charge in [-0.15, -0.1) is 0 Å². The number of halogens is 3. The summed E-state index contributed by atoms with van der Waals surface area (Å²) in [5.41, 5.74) is 0.567. The highest BCUT2D eigenvalue weighted by atomic mass is 19.4. The lowest BCUT2D eigenvalue weighted by Gasteiger charge is -2.29. The summed E-state index contributed by atoms with van der Waals surface area (Å²) in [5.74, 6) is 1.43.